The average molecular weight is 345 g/mol. The fourth-order valence-electron chi connectivity index (χ4n) is 3.01. The second-order valence-electron chi connectivity index (χ2n) is 5.66. The quantitative estimate of drug-likeness (QED) is 0.249. The summed E-state index contributed by atoms with van der Waals surface area (Å²) < 4.78 is 0. The highest BCUT2D eigenvalue weighted by atomic mass is 16.3. The van der Waals surface area contributed by atoms with E-state index < -0.39 is 11.5 Å². The maximum atomic E-state index is 10.9. The molecule has 0 saturated carbocycles. The largest absolute Gasteiger partial charge is 0.396 e. The van der Waals surface area contributed by atoms with E-state index in [9.17, 15) is 25.5 Å². The Morgan fingerprint density at radius 2 is 1.42 bits per heavy atom. The number of aliphatic hydroxyl groups excluding tert-OH is 5. The van der Waals surface area contributed by atoms with Gasteiger partial charge in [-0.1, -0.05) is 0 Å². The van der Waals surface area contributed by atoms with Crippen molar-refractivity contribution in [3.05, 3.63) is 17.0 Å². The molecule has 0 aliphatic heterocycles. The predicted molar refractivity (Wildman–Crippen MR) is 84.2 cm³/mol. The van der Waals surface area contributed by atoms with Crippen LogP contribution in [0.1, 0.15) is 42.1 Å². The van der Waals surface area contributed by atoms with E-state index in [2.05, 4.69) is 15.4 Å². The topological polar surface area (TPSA) is 160 Å². The predicted octanol–water partition coefficient (Wildman–Crippen LogP) is -2.10. The molecule has 0 spiro atoms. The van der Waals surface area contributed by atoms with Gasteiger partial charge in [0, 0.05) is 50.9 Å². The van der Waals surface area contributed by atoms with Gasteiger partial charge in [0.15, 0.2) is 0 Å². The number of aromatic nitrogens is 3. The molecular formula is C15H27N3O6. The fraction of sp³-hybridized carbons (Fsp3) is 0.800. The molecule has 0 aliphatic rings. The van der Waals surface area contributed by atoms with Gasteiger partial charge >= 0.3 is 0 Å². The summed E-state index contributed by atoms with van der Waals surface area (Å²) in [5.74, 6) is -0.698. The molecule has 9 heteroatoms. The number of nitrogens with zero attached hydrogens (tertiary/aromatic N) is 3. The number of aliphatic hydroxyl groups is 6. The van der Waals surface area contributed by atoms with Crippen molar-refractivity contribution < 1.29 is 30.6 Å². The van der Waals surface area contributed by atoms with Gasteiger partial charge in [0.05, 0.1) is 17.0 Å². The van der Waals surface area contributed by atoms with Crippen LogP contribution in [0.4, 0.5) is 0 Å². The average Bonchev–Trinajstić information content (AvgIpc) is 2.55. The molecular weight excluding hydrogens is 318 g/mol. The SMILES string of the molecule is OCCc1nnnc(C(CCO)C(O)(CCO)CCO)c1CCO. The number of hydrogen-bond acceptors (Lipinski definition) is 9. The second kappa shape index (κ2) is 10.6. The molecule has 1 atom stereocenters. The summed E-state index contributed by atoms with van der Waals surface area (Å²) in [5.41, 5.74) is -0.0896. The van der Waals surface area contributed by atoms with E-state index in [1.165, 1.54) is 0 Å². The summed E-state index contributed by atoms with van der Waals surface area (Å²) in [6.45, 7) is -1.16. The first-order valence-corrected chi connectivity index (χ1v) is 8.05. The molecule has 1 aromatic heterocycles. The lowest BCUT2D eigenvalue weighted by molar-refractivity contribution is -0.0357. The highest BCUT2D eigenvalue weighted by molar-refractivity contribution is 5.29. The van der Waals surface area contributed by atoms with Gasteiger partial charge in [0.2, 0.25) is 0 Å². The van der Waals surface area contributed by atoms with Gasteiger partial charge in [-0.2, -0.15) is 0 Å². The van der Waals surface area contributed by atoms with Crippen LogP contribution >= 0.6 is 0 Å². The van der Waals surface area contributed by atoms with E-state index in [4.69, 9.17) is 5.11 Å². The van der Waals surface area contributed by atoms with Gasteiger partial charge in [-0.05, 0) is 30.9 Å². The zero-order valence-electron chi connectivity index (χ0n) is 13.7. The summed E-state index contributed by atoms with van der Waals surface area (Å²) >= 11 is 0. The smallest absolute Gasteiger partial charge is 0.0776 e. The van der Waals surface area contributed by atoms with Crippen LogP contribution in [-0.4, -0.2) is 84.7 Å². The Balaban J connectivity index is 3.39. The first kappa shape index (κ1) is 20.8. The van der Waals surface area contributed by atoms with Crippen LogP contribution in [0.2, 0.25) is 0 Å². The van der Waals surface area contributed by atoms with E-state index in [0.717, 1.165) is 0 Å². The Labute approximate surface area is 140 Å². The fourth-order valence-corrected chi connectivity index (χ4v) is 3.01. The van der Waals surface area contributed by atoms with Gasteiger partial charge in [-0.3, -0.25) is 0 Å². The van der Waals surface area contributed by atoms with Crippen molar-refractivity contribution >= 4 is 0 Å². The monoisotopic (exact) mass is 345 g/mol. The Hall–Kier alpha value is -1.23. The third-order valence-corrected chi connectivity index (χ3v) is 4.17. The van der Waals surface area contributed by atoms with Crippen LogP contribution < -0.4 is 0 Å². The van der Waals surface area contributed by atoms with Gasteiger partial charge < -0.3 is 30.6 Å². The molecule has 0 amide bonds. The molecule has 0 aromatic carbocycles. The summed E-state index contributed by atoms with van der Waals surface area (Å²) in [5, 5.41) is 69.0. The van der Waals surface area contributed by atoms with E-state index in [1.807, 2.05) is 0 Å². The van der Waals surface area contributed by atoms with Gasteiger partial charge in [-0.25, -0.2) is 0 Å². The highest BCUT2D eigenvalue weighted by Crippen LogP contribution is 2.37. The Bertz CT molecular complexity index is 482. The lowest BCUT2D eigenvalue weighted by atomic mass is 9.76. The van der Waals surface area contributed by atoms with Gasteiger partial charge in [-0.15, -0.1) is 10.2 Å². The molecule has 0 aliphatic carbocycles. The zero-order chi connectivity index (χ0) is 18.0. The van der Waals surface area contributed by atoms with Crippen molar-refractivity contribution in [2.24, 2.45) is 0 Å². The minimum atomic E-state index is -1.48. The molecule has 0 saturated heterocycles. The van der Waals surface area contributed by atoms with Crippen molar-refractivity contribution in [2.45, 2.75) is 43.6 Å². The number of hydrogen-bond donors (Lipinski definition) is 6. The Kier molecular flexibility index (Phi) is 9.19. The minimum absolute atomic E-state index is 0.00384. The highest BCUT2D eigenvalue weighted by Gasteiger charge is 2.39. The van der Waals surface area contributed by atoms with Crippen molar-refractivity contribution in [1.29, 1.82) is 0 Å². The number of rotatable bonds is 12. The molecule has 6 N–H and O–H groups in total. The lowest BCUT2D eigenvalue weighted by Crippen LogP contribution is -2.40. The van der Waals surface area contributed by atoms with Crippen molar-refractivity contribution in [3.63, 3.8) is 0 Å². The molecule has 0 radical (unpaired) electrons. The van der Waals surface area contributed by atoms with Gasteiger partial charge in [0.1, 0.15) is 0 Å². The molecule has 1 aromatic rings. The summed E-state index contributed by atoms with van der Waals surface area (Å²) in [7, 11) is 0. The van der Waals surface area contributed by atoms with Crippen LogP contribution in [0.15, 0.2) is 0 Å². The van der Waals surface area contributed by atoms with Crippen LogP contribution in [0.5, 0.6) is 0 Å². The van der Waals surface area contributed by atoms with Crippen LogP contribution in [0.25, 0.3) is 0 Å². The van der Waals surface area contributed by atoms with Crippen LogP contribution in [-0.2, 0) is 12.8 Å². The van der Waals surface area contributed by atoms with Crippen LogP contribution in [0.3, 0.4) is 0 Å². The molecule has 24 heavy (non-hydrogen) atoms. The molecule has 0 bridgehead atoms. The second-order valence-corrected chi connectivity index (χ2v) is 5.66. The Morgan fingerprint density at radius 3 is 1.92 bits per heavy atom. The minimum Gasteiger partial charge on any atom is -0.396 e. The summed E-state index contributed by atoms with van der Waals surface area (Å²) in [6.07, 6.45) is 0.573. The van der Waals surface area contributed by atoms with Crippen molar-refractivity contribution in [3.8, 4) is 0 Å². The normalized spacial score (nSPS) is 13.2. The third kappa shape index (κ3) is 5.13. The first-order valence-electron chi connectivity index (χ1n) is 8.05. The maximum absolute atomic E-state index is 10.9. The van der Waals surface area contributed by atoms with E-state index in [1.54, 1.807) is 0 Å². The molecule has 138 valence electrons. The molecule has 9 nitrogen and oxygen atoms in total. The Morgan fingerprint density at radius 1 is 0.792 bits per heavy atom. The zero-order valence-corrected chi connectivity index (χ0v) is 13.7. The maximum Gasteiger partial charge on any atom is 0.0776 e. The first-order chi connectivity index (χ1) is 11.6. The van der Waals surface area contributed by atoms with Crippen LogP contribution in [0, 0.1) is 0 Å². The molecule has 1 rings (SSSR count). The van der Waals surface area contributed by atoms with E-state index in [-0.39, 0.29) is 65.1 Å². The van der Waals surface area contributed by atoms with Crippen molar-refractivity contribution in [2.75, 3.05) is 33.0 Å². The lowest BCUT2D eigenvalue weighted by Gasteiger charge is -2.36. The summed E-state index contributed by atoms with van der Waals surface area (Å²) in [6, 6.07) is 0. The molecule has 1 unspecified atom stereocenters. The standard InChI is InChI=1S/C15H27N3O6/c19-6-1-11-13(3-8-21)16-18-17-14(11)12(2-7-20)15(24,4-9-22)5-10-23/h12,19-24H,1-10H2. The van der Waals surface area contributed by atoms with Gasteiger partial charge in [0.25, 0.3) is 0 Å². The van der Waals surface area contributed by atoms with E-state index >= 15 is 0 Å². The summed E-state index contributed by atoms with van der Waals surface area (Å²) in [4.78, 5) is 0. The van der Waals surface area contributed by atoms with E-state index in [0.29, 0.717) is 17.0 Å². The molecule has 0 fully saturated rings. The third-order valence-electron chi connectivity index (χ3n) is 4.17. The molecule has 1 heterocycles. The van der Waals surface area contributed by atoms with Crippen molar-refractivity contribution in [1.82, 2.24) is 15.4 Å².